The van der Waals surface area contributed by atoms with Crippen LogP contribution in [0.15, 0.2) is 34.1 Å². The highest BCUT2D eigenvalue weighted by atomic mass is 19.1. The van der Waals surface area contributed by atoms with E-state index < -0.39 is 0 Å². The maximum absolute atomic E-state index is 13.1. The molecule has 5 nitrogen and oxygen atoms in total. The summed E-state index contributed by atoms with van der Waals surface area (Å²) < 4.78 is 20.5. The van der Waals surface area contributed by atoms with Crippen LogP contribution in [0.1, 0.15) is 51.0 Å². The van der Waals surface area contributed by atoms with Crippen LogP contribution >= 0.6 is 0 Å². The van der Waals surface area contributed by atoms with Crippen LogP contribution in [0.5, 0.6) is 11.8 Å². The van der Waals surface area contributed by atoms with Crippen LogP contribution in [0.4, 0.5) is 10.2 Å². The first-order valence-corrected chi connectivity index (χ1v) is 9.80. The van der Waals surface area contributed by atoms with Gasteiger partial charge in [0, 0.05) is 18.7 Å². The molecule has 142 valence electrons. The van der Waals surface area contributed by atoms with Crippen molar-refractivity contribution in [1.29, 1.82) is 0 Å². The highest BCUT2D eigenvalue weighted by Crippen LogP contribution is 2.33. The second-order valence-electron chi connectivity index (χ2n) is 7.32. The maximum Gasteiger partial charge on any atom is 0.306 e. The first-order valence-electron chi connectivity index (χ1n) is 9.80. The summed E-state index contributed by atoms with van der Waals surface area (Å²) >= 11 is 0. The van der Waals surface area contributed by atoms with Crippen molar-refractivity contribution in [3.63, 3.8) is 0 Å². The minimum Gasteiger partial charge on any atom is -0.425 e. The van der Waals surface area contributed by atoms with Crippen molar-refractivity contribution in [2.24, 2.45) is 10.9 Å². The van der Waals surface area contributed by atoms with Crippen LogP contribution in [0, 0.1) is 11.7 Å². The Morgan fingerprint density at radius 3 is 2.63 bits per heavy atom. The van der Waals surface area contributed by atoms with Crippen LogP contribution in [-0.4, -0.2) is 15.3 Å². The molecule has 0 bridgehead atoms. The van der Waals surface area contributed by atoms with Gasteiger partial charge in [-0.15, -0.1) is 0 Å². The number of halogens is 1. The number of aliphatic imine (C=N–C) groups is 1. The first-order chi connectivity index (χ1) is 13.2. The number of hydrogen-bond acceptors (Lipinski definition) is 4. The SMILES string of the molecule is CCCn1c(Oc2ccc(F)cc2)nc2c(c1=O)CC(C1CCCCC1)=N2. The summed E-state index contributed by atoms with van der Waals surface area (Å²) in [7, 11) is 0. The summed E-state index contributed by atoms with van der Waals surface area (Å²) in [6.07, 6.45) is 7.43. The summed E-state index contributed by atoms with van der Waals surface area (Å²) in [6, 6.07) is 5.93. The molecule has 6 heteroatoms. The molecule has 2 aromatic rings. The van der Waals surface area contributed by atoms with E-state index in [9.17, 15) is 9.18 Å². The Morgan fingerprint density at radius 1 is 1.19 bits per heavy atom. The number of ether oxygens (including phenoxy) is 1. The number of hydrogen-bond donors (Lipinski definition) is 0. The highest BCUT2D eigenvalue weighted by molar-refractivity contribution is 5.94. The molecule has 1 aromatic heterocycles. The van der Waals surface area contributed by atoms with Crippen LogP contribution < -0.4 is 10.3 Å². The van der Waals surface area contributed by atoms with Gasteiger partial charge in [-0.2, -0.15) is 4.98 Å². The van der Waals surface area contributed by atoms with Crippen LogP contribution in [0.3, 0.4) is 0 Å². The Kier molecular flexibility index (Phi) is 5.05. The summed E-state index contributed by atoms with van der Waals surface area (Å²) in [4.78, 5) is 22.3. The Labute approximate surface area is 157 Å². The van der Waals surface area contributed by atoms with E-state index in [0.29, 0.717) is 36.0 Å². The number of nitrogens with zero attached hydrogens (tertiary/aromatic N) is 3. The van der Waals surface area contributed by atoms with Gasteiger partial charge in [-0.05, 0) is 49.4 Å². The lowest BCUT2D eigenvalue weighted by Gasteiger charge is -2.21. The zero-order chi connectivity index (χ0) is 18.8. The molecule has 2 aliphatic rings. The monoisotopic (exact) mass is 369 g/mol. The van der Waals surface area contributed by atoms with E-state index in [1.165, 1.54) is 43.5 Å². The minimum absolute atomic E-state index is 0.0754. The van der Waals surface area contributed by atoms with Crippen LogP contribution in [0.2, 0.25) is 0 Å². The fraction of sp³-hybridized carbons (Fsp3) is 0.476. The predicted octanol–water partition coefficient (Wildman–Crippen LogP) is 4.79. The molecular weight excluding hydrogens is 345 g/mol. The molecule has 1 aromatic carbocycles. The third-order valence-electron chi connectivity index (χ3n) is 5.36. The molecule has 0 radical (unpaired) electrons. The van der Waals surface area contributed by atoms with Gasteiger partial charge in [0.15, 0.2) is 5.82 Å². The molecule has 0 amide bonds. The van der Waals surface area contributed by atoms with E-state index >= 15 is 0 Å². The maximum atomic E-state index is 13.1. The lowest BCUT2D eigenvalue weighted by atomic mass is 9.84. The molecule has 27 heavy (non-hydrogen) atoms. The number of fused-ring (bicyclic) bond motifs is 1. The quantitative estimate of drug-likeness (QED) is 0.761. The fourth-order valence-electron chi connectivity index (χ4n) is 3.95. The van der Waals surface area contributed by atoms with Crippen molar-refractivity contribution < 1.29 is 9.13 Å². The van der Waals surface area contributed by atoms with Crippen molar-refractivity contribution in [2.75, 3.05) is 0 Å². The van der Waals surface area contributed by atoms with Gasteiger partial charge in [0.25, 0.3) is 5.56 Å². The van der Waals surface area contributed by atoms with Gasteiger partial charge < -0.3 is 4.74 Å². The lowest BCUT2D eigenvalue weighted by Crippen LogP contribution is -2.27. The first kappa shape index (κ1) is 17.9. The van der Waals surface area contributed by atoms with Crippen molar-refractivity contribution in [2.45, 2.75) is 58.4 Å². The zero-order valence-corrected chi connectivity index (χ0v) is 15.6. The number of aromatic nitrogens is 2. The predicted molar refractivity (Wildman–Crippen MR) is 103 cm³/mol. The molecule has 1 aliphatic heterocycles. The fourth-order valence-corrected chi connectivity index (χ4v) is 3.95. The van der Waals surface area contributed by atoms with E-state index in [1.54, 1.807) is 4.57 Å². The smallest absolute Gasteiger partial charge is 0.306 e. The van der Waals surface area contributed by atoms with Gasteiger partial charge in [0.1, 0.15) is 11.6 Å². The van der Waals surface area contributed by atoms with Gasteiger partial charge >= 0.3 is 6.01 Å². The van der Waals surface area contributed by atoms with Gasteiger partial charge in [-0.25, -0.2) is 9.38 Å². The Morgan fingerprint density at radius 2 is 1.93 bits per heavy atom. The standard InChI is InChI=1S/C21H24FN3O2/c1-2-12-25-20(26)17-13-18(14-6-4-3-5-7-14)23-19(17)24-21(25)27-16-10-8-15(22)9-11-16/h8-11,14H,2-7,12-13H2,1H3. The Balaban J connectivity index is 1.68. The zero-order valence-electron chi connectivity index (χ0n) is 15.6. The van der Waals surface area contributed by atoms with Crippen LogP contribution in [-0.2, 0) is 13.0 Å². The summed E-state index contributed by atoms with van der Waals surface area (Å²) in [6.45, 7) is 2.53. The van der Waals surface area contributed by atoms with Crippen molar-refractivity contribution >= 4 is 11.5 Å². The molecule has 0 saturated heterocycles. The molecule has 1 aliphatic carbocycles. The van der Waals surface area contributed by atoms with E-state index in [-0.39, 0.29) is 17.4 Å². The van der Waals surface area contributed by atoms with E-state index in [0.717, 1.165) is 25.0 Å². The third kappa shape index (κ3) is 3.66. The molecule has 4 rings (SSSR count). The molecule has 2 heterocycles. The van der Waals surface area contributed by atoms with Gasteiger partial charge in [-0.3, -0.25) is 9.36 Å². The van der Waals surface area contributed by atoms with Gasteiger partial charge in [-0.1, -0.05) is 26.2 Å². The summed E-state index contributed by atoms with van der Waals surface area (Å²) in [5, 5.41) is 0. The average molecular weight is 369 g/mol. The van der Waals surface area contributed by atoms with E-state index in [4.69, 9.17) is 9.73 Å². The topological polar surface area (TPSA) is 56.5 Å². The molecule has 0 spiro atoms. The van der Waals surface area contributed by atoms with Gasteiger partial charge in [0.05, 0.1) is 5.56 Å². The average Bonchev–Trinajstić information content (AvgIpc) is 3.12. The highest BCUT2D eigenvalue weighted by Gasteiger charge is 2.29. The Hall–Kier alpha value is -2.50. The van der Waals surface area contributed by atoms with Crippen molar-refractivity contribution in [3.8, 4) is 11.8 Å². The van der Waals surface area contributed by atoms with Gasteiger partial charge in [0.2, 0.25) is 0 Å². The molecular formula is C21H24FN3O2. The molecule has 0 N–H and O–H groups in total. The third-order valence-corrected chi connectivity index (χ3v) is 5.36. The molecule has 0 unspecified atom stereocenters. The summed E-state index contributed by atoms with van der Waals surface area (Å²) in [5.74, 6) is 1.07. The second kappa shape index (κ2) is 7.62. The molecule has 1 fully saturated rings. The van der Waals surface area contributed by atoms with Crippen molar-refractivity contribution in [3.05, 3.63) is 46.0 Å². The Bertz CT molecular complexity index is 912. The van der Waals surface area contributed by atoms with Crippen LogP contribution in [0.25, 0.3) is 0 Å². The molecule has 1 saturated carbocycles. The largest absolute Gasteiger partial charge is 0.425 e. The molecule has 0 atom stereocenters. The number of rotatable bonds is 5. The summed E-state index contributed by atoms with van der Waals surface area (Å²) in [5.41, 5.74) is 1.69. The second-order valence-corrected chi connectivity index (χ2v) is 7.32. The van der Waals surface area contributed by atoms with E-state index in [1.807, 2.05) is 6.92 Å². The number of benzene rings is 1. The normalized spacial score (nSPS) is 16.9. The minimum atomic E-state index is -0.336. The van der Waals surface area contributed by atoms with Crippen molar-refractivity contribution in [1.82, 2.24) is 9.55 Å². The van der Waals surface area contributed by atoms with E-state index in [2.05, 4.69) is 4.98 Å². The lowest BCUT2D eigenvalue weighted by molar-refractivity contribution is 0.394.